The van der Waals surface area contributed by atoms with Crippen LogP contribution < -0.4 is 10.6 Å². The van der Waals surface area contributed by atoms with E-state index in [2.05, 4.69) is 21.7 Å². The van der Waals surface area contributed by atoms with Crippen LogP contribution in [0.25, 0.3) is 10.4 Å². The quantitative estimate of drug-likeness (QED) is 0.708. The maximum atomic E-state index is 11.9. The average Bonchev–Trinajstić information content (AvgIpc) is 3.14. The van der Waals surface area contributed by atoms with Gasteiger partial charge in [0.15, 0.2) is 0 Å². The first-order valence-electron chi connectivity index (χ1n) is 7.44. The van der Waals surface area contributed by atoms with Gasteiger partial charge in [-0.05, 0) is 40.8 Å². The highest BCUT2D eigenvalue weighted by atomic mass is 35.5. The standard InChI is InChI=1S/C18H16ClN3OS/c19-16-5-3-13(4-6-16)10-21-18(23)22-11-14-8-15(12-20-9-14)17-2-1-7-24-17/h1-9,12H,10-11H2,(H2,21,22,23). The smallest absolute Gasteiger partial charge is 0.315 e. The van der Waals surface area contributed by atoms with Gasteiger partial charge in [0.2, 0.25) is 0 Å². The molecule has 0 atom stereocenters. The summed E-state index contributed by atoms with van der Waals surface area (Å²) in [6, 6.07) is 13.3. The predicted molar refractivity (Wildman–Crippen MR) is 98.1 cm³/mol. The van der Waals surface area contributed by atoms with E-state index < -0.39 is 0 Å². The van der Waals surface area contributed by atoms with Gasteiger partial charge in [-0.15, -0.1) is 11.3 Å². The molecule has 0 aliphatic carbocycles. The van der Waals surface area contributed by atoms with E-state index in [0.29, 0.717) is 18.1 Å². The Labute approximate surface area is 149 Å². The van der Waals surface area contributed by atoms with Crippen molar-refractivity contribution in [2.75, 3.05) is 0 Å². The largest absolute Gasteiger partial charge is 0.334 e. The Morgan fingerprint density at radius 2 is 1.79 bits per heavy atom. The van der Waals surface area contributed by atoms with Crippen LogP contribution in [0.15, 0.2) is 60.2 Å². The second-order valence-electron chi connectivity index (χ2n) is 5.22. The molecule has 0 aliphatic heterocycles. The zero-order chi connectivity index (χ0) is 16.8. The third kappa shape index (κ3) is 4.57. The number of amides is 2. The Balaban J connectivity index is 1.51. The molecule has 2 heterocycles. The zero-order valence-electron chi connectivity index (χ0n) is 12.8. The molecular formula is C18H16ClN3OS. The number of nitrogens with zero attached hydrogens (tertiary/aromatic N) is 1. The van der Waals surface area contributed by atoms with E-state index >= 15 is 0 Å². The fourth-order valence-corrected chi connectivity index (χ4v) is 3.03. The lowest BCUT2D eigenvalue weighted by molar-refractivity contribution is 0.240. The number of hydrogen-bond donors (Lipinski definition) is 2. The molecule has 122 valence electrons. The molecule has 0 radical (unpaired) electrons. The molecule has 0 bridgehead atoms. The summed E-state index contributed by atoms with van der Waals surface area (Å²) < 4.78 is 0. The Morgan fingerprint density at radius 1 is 1.04 bits per heavy atom. The van der Waals surface area contributed by atoms with Gasteiger partial charge in [-0.3, -0.25) is 4.98 Å². The number of pyridine rings is 1. The molecule has 0 spiro atoms. The van der Waals surface area contributed by atoms with Crippen molar-refractivity contribution in [3.8, 4) is 10.4 Å². The van der Waals surface area contributed by atoms with Gasteiger partial charge in [-0.1, -0.05) is 29.8 Å². The van der Waals surface area contributed by atoms with E-state index in [1.54, 1.807) is 29.7 Å². The lowest BCUT2D eigenvalue weighted by Crippen LogP contribution is -2.34. The summed E-state index contributed by atoms with van der Waals surface area (Å²) in [6.45, 7) is 0.884. The number of nitrogens with one attached hydrogen (secondary N) is 2. The van der Waals surface area contributed by atoms with Crippen LogP contribution in [0.2, 0.25) is 5.02 Å². The van der Waals surface area contributed by atoms with Crippen LogP contribution in [0.5, 0.6) is 0 Å². The maximum Gasteiger partial charge on any atom is 0.315 e. The molecule has 2 aromatic heterocycles. The lowest BCUT2D eigenvalue weighted by atomic mass is 10.2. The minimum Gasteiger partial charge on any atom is -0.334 e. The van der Waals surface area contributed by atoms with E-state index in [1.165, 1.54) is 0 Å². The minimum absolute atomic E-state index is 0.216. The fraction of sp³-hybridized carbons (Fsp3) is 0.111. The van der Waals surface area contributed by atoms with Crippen molar-refractivity contribution in [1.82, 2.24) is 15.6 Å². The van der Waals surface area contributed by atoms with E-state index in [1.807, 2.05) is 35.8 Å². The van der Waals surface area contributed by atoms with Crippen molar-refractivity contribution < 1.29 is 4.79 Å². The predicted octanol–water partition coefficient (Wildman–Crippen LogP) is 4.46. The number of hydrogen-bond acceptors (Lipinski definition) is 3. The van der Waals surface area contributed by atoms with Gasteiger partial charge < -0.3 is 10.6 Å². The second-order valence-corrected chi connectivity index (χ2v) is 6.61. The molecule has 3 rings (SSSR count). The van der Waals surface area contributed by atoms with Gasteiger partial charge in [0.1, 0.15) is 0 Å². The summed E-state index contributed by atoms with van der Waals surface area (Å²) in [5.41, 5.74) is 3.02. The van der Waals surface area contributed by atoms with E-state index in [4.69, 9.17) is 11.6 Å². The number of aromatic nitrogens is 1. The summed E-state index contributed by atoms with van der Waals surface area (Å²) in [5, 5.41) is 8.37. The maximum absolute atomic E-state index is 11.9. The number of carbonyl (C=O) groups is 1. The Hall–Kier alpha value is -2.37. The summed E-state index contributed by atoms with van der Waals surface area (Å²) in [5.74, 6) is 0. The summed E-state index contributed by atoms with van der Waals surface area (Å²) >= 11 is 7.50. The molecule has 2 amide bonds. The van der Waals surface area contributed by atoms with Crippen LogP contribution in [0, 0.1) is 0 Å². The van der Waals surface area contributed by atoms with Gasteiger partial charge in [0, 0.05) is 40.9 Å². The van der Waals surface area contributed by atoms with Crippen LogP contribution in [0.3, 0.4) is 0 Å². The van der Waals surface area contributed by atoms with Gasteiger partial charge in [0.05, 0.1) is 0 Å². The van der Waals surface area contributed by atoms with Crippen LogP contribution in [-0.4, -0.2) is 11.0 Å². The third-order valence-electron chi connectivity index (χ3n) is 3.42. The average molecular weight is 358 g/mol. The summed E-state index contributed by atoms with van der Waals surface area (Å²) in [7, 11) is 0. The normalized spacial score (nSPS) is 10.4. The van der Waals surface area contributed by atoms with Gasteiger partial charge in [-0.25, -0.2) is 4.79 Å². The number of halogens is 1. The Bertz CT molecular complexity index is 803. The molecule has 0 aliphatic rings. The molecule has 1 aromatic carbocycles. The molecular weight excluding hydrogens is 342 g/mol. The van der Waals surface area contributed by atoms with Crippen molar-refractivity contribution in [2.45, 2.75) is 13.1 Å². The number of rotatable bonds is 5. The SMILES string of the molecule is O=C(NCc1ccc(Cl)cc1)NCc1cncc(-c2cccs2)c1. The summed E-state index contributed by atoms with van der Waals surface area (Å²) in [6.07, 6.45) is 3.59. The van der Waals surface area contributed by atoms with Gasteiger partial charge in [-0.2, -0.15) is 0 Å². The van der Waals surface area contributed by atoms with Crippen molar-refractivity contribution in [1.29, 1.82) is 0 Å². The molecule has 4 nitrogen and oxygen atoms in total. The van der Waals surface area contributed by atoms with Crippen LogP contribution in [-0.2, 0) is 13.1 Å². The topological polar surface area (TPSA) is 54.0 Å². The van der Waals surface area contributed by atoms with Gasteiger partial charge >= 0.3 is 6.03 Å². The van der Waals surface area contributed by atoms with Crippen LogP contribution in [0.4, 0.5) is 4.79 Å². The number of thiophene rings is 1. The highest BCUT2D eigenvalue weighted by Gasteiger charge is 2.04. The first-order valence-corrected chi connectivity index (χ1v) is 8.70. The highest BCUT2D eigenvalue weighted by molar-refractivity contribution is 7.13. The molecule has 2 N–H and O–H groups in total. The molecule has 3 aromatic rings. The molecule has 6 heteroatoms. The lowest BCUT2D eigenvalue weighted by Gasteiger charge is -2.08. The van der Waals surface area contributed by atoms with Crippen molar-refractivity contribution in [2.24, 2.45) is 0 Å². The van der Waals surface area contributed by atoms with Crippen molar-refractivity contribution in [3.63, 3.8) is 0 Å². The number of urea groups is 1. The molecule has 0 saturated carbocycles. The van der Waals surface area contributed by atoms with Gasteiger partial charge in [0.25, 0.3) is 0 Å². The number of carbonyl (C=O) groups excluding carboxylic acids is 1. The van der Waals surface area contributed by atoms with Crippen molar-refractivity contribution in [3.05, 3.63) is 76.4 Å². The Morgan fingerprint density at radius 3 is 2.50 bits per heavy atom. The molecule has 24 heavy (non-hydrogen) atoms. The van der Waals surface area contributed by atoms with E-state index in [9.17, 15) is 4.79 Å². The molecule has 0 unspecified atom stereocenters. The minimum atomic E-state index is -0.216. The monoisotopic (exact) mass is 357 g/mol. The third-order valence-corrected chi connectivity index (χ3v) is 4.59. The summed E-state index contributed by atoms with van der Waals surface area (Å²) in [4.78, 5) is 17.3. The highest BCUT2D eigenvalue weighted by Crippen LogP contribution is 2.24. The first-order chi connectivity index (χ1) is 11.7. The second kappa shape index (κ2) is 7.95. The van der Waals surface area contributed by atoms with Crippen LogP contribution in [0.1, 0.15) is 11.1 Å². The van der Waals surface area contributed by atoms with E-state index in [-0.39, 0.29) is 6.03 Å². The zero-order valence-corrected chi connectivity index (χ0v) is 14.4. The molecule has 0 fully saturated rings. The fourth-order valence-electron chi connectivity index (χ4n) is 2.19. The van der Waals surface area contributed by atoms with Crippen molar-refractivity contribution >= 4 is 29.0 Å². The van der Waals surface area contributed by atoms with Crippen LogP contribution >= 0.6 is 22.9 Å². The first kappa shape index (κ1) is 16.5. The number of benzene rings is 1. The van der Waals surface area contributed by atoms with E-state index in [0.717, 1.165) is 21.6 Å². The molecule has 0 saturated heterocycles. The Kier molecular flexibility index (Phi) is 5.46.